The summed E-state index contributed by atoms with van der Waals surface area (Å²) in [5.41, 5.74) is 3.07. The molecule has 2 rings (SSSR count). The first-order valence-corrected chi connectivity index (χ1v) is 5.73. The van der Waals surface area contributed by atoms with Crippen molar-refractivity contribution in [2.75, 3.05) is 17.2 Å². The van der Waals surface area contributed by atoms with Crippen LogP contribution >= 0.6 is 0 Å². The minimum atomic E-state index is 0.0349. The summed E-state index contributed by atoms with van der Waals surface area (Å²) in [4.78, 5) is 12.0. The van der Waals surface area contributed by atoms with E-state index in [1.165, 1.54) is 0 Å². The molecule has 0 aliphatic carbocycles. The molecule has 1 amide bonds. The van der Waals surface area contributed by atoms with Crippen molar-refractivity contribution in [3.63, 3.8) is 0 Å². The van der Waals surface area contributed by atoms with Gasteiger partial charge in [-0.05, 0) is 30.5 Å². The average Bonchev–Trinajstić information content (AvgIpc) is 2.35. The molecule has 0 spiro atoms. The first-order chi connectivity index (χ1) is 7.58. The van der Waals surface area contributed by atoms with Crippen molar-refractivity contribution in [1.82, 2.24) is 0 Å². The molecule has 1 aliphatic rings. The number of amides is 1. The lowest BCUT2D eigenvalue weighted by molar-refractivity contribution is -0.120. The van der Waals surface area contributed by atoms with Crippen LogP contribution in [-0.4, -0.2) is 12.5 Å². The quantitative estimate of drug-likeness (QED) is 0.760. The second-order valence-corrected chi connectivity index (χ2v) is 4.77. The molecule has 2 N–H and O–H groups in total. The molecule has 3 nitrogen and oxygen atoms in total. The molecule has 3 heteroatoms. The minimum absolute atomic E-state index is 0.0349. The molecule has 1 aromatic carbocycles. The van der Waals surface area contributed by atoms with Gasteiger partial charge in [-0.3, -0.25) is 4.79 Å². The number of rotatable bonds is 1. The number of hydrogen-bond donors (Lipinski definition) is 2. The van der Waals surface area contributed by atoms with Crippen molar-refractivity contribution in [3.05, 3.63) is 23.8 Å². The van der Waals surface area contributed by atoms with Gasteiger partial charge in [-0.2, -0.15) is 0 Å². The van der Waals surface area contributed by atoms with E-state index >= 15 is 0 Å². The molecule has 0 radical (unpaired) electrons. The van der Waals surface area contributed by atoms with Crippen LogP contribution in [0.15, 0.2) is 18.2 Å². The summed E-state index contributed by atoms with van der Waals surface area (Å²) < 4.78 is 0. The highest BCUT2D eigenvalue weighted by Crippen LogP contribution is 2.28. The molecule has 0 saturated carbocycles. The Kier molecular flexibility index (Phi) is 2.86. The van der Waals surface area contributed by atoms with E-state index in [0.717, 1.165) is 16.9 Å². The fraction of sp³-hybridized carbons (Fsp3) is 0.462. The van der Waals surface area contributed by atoms with Gasteiger partial charge in [0, 0.05) is 6.54 Å². The van der Waals surface area contributed by atoms with Crippen LogP contribution in [-0.2, 0) is 4.79 Å². The molecule has 16 heavy (non-hydrogen) atoms. The third-order valence-electron chi connectivity index (χ3n) is 3.09. The van der Waals surface area contributed by atoms with Crippen molar-refractivity contribution < 1.29 is 4.79 Å². The average molecular weight is 218 g/mol. The Labute approximate surface area is 96.2 Å². The van der Waals surface area contributed by atoms with Crippen LogP contribution in [0.5, 0.6) is 0 Å². The molecule has 1 atom stereocenters. The number of hydrogen-bond acceptors (Lipinski definition) is 2. The second-order valence-electron chi connectivity index (χ2n) is 4.77. The van der Waals surface area contributed by atoms with Gasteiger partial charge >= 0.3 is 0 Å². The van der Waals surface area contributed by atoms with Crippen molar-refractivity contribution in [2.24, 2.45) is 11.8 Å². The highest BCUT2D eigenvalue weighted by atomic mass is 16.2. The van der Waals surface area contributed by atoms with E-state index in [1.54, 1.807) is 0 Å². The van der Waals surface area contributed by atoms with Crippen LogP contribution < -0.4 is 10.6 Å². The lowest BCUT2D eigenvalue weighted by Crippen LogP contribution is -2.29. The first kappa shape index (κ1) is 11.0. The molecule has 1 aromatic rings. The van der Waals surface area contributed by atoms with Gasteiger partial charge in [0.15, 0.2) is 0 Å². The molecule has 1 aliphatic heterocycles. The number of fused-ring (bicyclic) bond motifs is 1. The van der Waals surface area contributed by atoms with E-state index < -0.39 is 0 Å². The van der Waals surface area contributed by atoms with Crippen LogP contribution in [0.4, 0.5) is 11.4 Å². The number of benzene rings is 1. The van der Waals surface area contributed by atoms with Crippen LogP contribution in [0.1, 0.15) is 19.4 Å². The zero-order chi connectivity index (χ0) is 11.7. The predicted molar refractivity (Wildman–Crippen MR) is 66.6 cm³/mol. The number of aryl methyl sites for hydroxylation is 1. The zero-order valence-electron chi connectivity index (χ0n) is 10.0. The predicted octanol–water partition coefficient (Wildman–Crippen LogP) is 2.63. The standard InChI is InChI=1S/C13H18N2O/c1-8(2)10-7-14-11-5-4-9(3)6-12(11)15-13(10)16/h4-6,8,10,14H,7H2,1-3H3,(H,15,16). The minimum Gasteiger partial charge on any atom is -0.383 e. The van der Waals surface area contributed by atoms with Gasteiger partial charge in [0.25, 0.3) is 0 Å². The molecule has 0 aromatic heterocycles. The van der Waals surface area contributed by atoms with Crippen LogP contribution in [0.2, 0.25) is 0 Å². The summed E-state index contributed by atoms with van der Waals surface area (Å²) in [5.74, 6) is 0.502. The summed E-state index contributed by atoms with van der Waals surface area (Å²) in [5, 5.41) is 6.32. The van der Waals surface area contributed by atoms with Crippen molar-refractivity contribution in [3.8, 4) is 0 Å². The Morgan fingerprint density at radius 3 is 2.75 bits per heavy atom. The maximum absolute atomic E-state index is 12.0. The SMILES string of the molecule is Cc1ccc2c(c1)NC(=O)C(C(C)C)CN2. The molecule has 0 fully saturated rings. The number of anilines is 2. The normalized spacial score (nSPS) is 19.8. The van der Waals surface area contributed by atoms with Gasteiger partial charge in [-0.15, -0.1) is 0 Å². The Morgan fingerprint density at radius 1 is 1.31 bits per heavy atom. The van der Waals surface area contributed by atoms with E-state index in [2.05, 4.69) is 24.5 Å². The number of carbonyl (C=O) groups is 1. The van der Waals surface area contributed by atoms with E-state index in [0.29, 0.717) is 12.5 Å². The van der Waals surface area contributed by atoms with Crippen molar-refractivity contribution >= 4 is 17.3 Å². The summed E-state index contributed by atoms with van der Waals surface area (Å²) in [7, 11) is 0. The lowest BCUT2D eigenvalue weighted by Gasteiger charge is -2.16. The Balaban J connectivity index is 2.30. The van der Waals surface area contributed by atoms with Gasteiger partial charge in [-0.25, -0.2) is 0 Å². The Morgan fingerprint density at radius 2 is 2.06 bits per heavy atom. The van der Waals surface area contributed by atoms with Crippen LogP contribution in [0.3, 0.4) is 0 Å². The first-order valence-electron chi connectivity index (χ1n) is 5.73. The van der Waals surface area contributed by atoms with Gasteiger partial charge in [0.2, 0.25) is 5.91 Å². The summed E-state index contributed by atoms with van der Waals surface area (Å²) in [6.45, 7) is 6.89. The fourth-order valence-electron chi connectivity index (χ4n) is 1.99. The highest BCUT2D eigenvalue weighted by molar-refractivity contribution is 5.97. The van der Waals surface area contributed by atoms with E-state index in [4.69, 9.17) is 0 Å². The largest absolute Gasteiger partial charge is 0.383 e. The second kappa shape index (κ2) is 4.16. The van der Waals surface area contributed by atoms with Gasteiger partial charge in [0.1, 0.15) is 0 Å². The zero-order valence-corrected chi connectivity index (χ0v) is 10.0. The van der Waals surface area contributed by atoms with Gasteiger partial charge in [-0.1, -0.05) is 19.9 Å². The maximum atomic E-state index is 12.0. The molecular formula is C13H18N2O. The molecule has 1 heterocycles. The van der Waals surface area contributed by atoms with Crippen molar-refractivity contribution in [2.45, 2.75) is 20.8 Å². The number of nitrogens with one attached hydrogen (secondary N) is 2. The van der Waals surface area contributed by atoms with Crippen LogP contribution in [0.25, 0.3) is 0 Å². The van der Waals surface area contributed by atoms with E-state index in [1.807, 2.05) is 25.1 Å². The monoisotopic (exact) mass is 218 g/mol. The van der Waals surface area contributed by atoms with Crippen LogP contribution in [0, 0.1) is 18.8 Å². The Bertz CT molecular complexity index is 412. The van der Waals surface area contributed by atoms with Crippen molar-refractivity contribution in [1.29, 1.82) is 0 Å². The summed E-state index contributed by atoms with van der Waals surface area (Å²) in [6.07, 6.45) is 0. The molecule has 0 bridgehead atoms. The third kappa shape index (κ3) is 2.03. The topological polar surface area (TPSA) is 41.1 Å². The Hall–Kier alpha value is -1.51. The summed E-state index contributed by atoms with van der Waals surface area (Å²) >= 11 is 0. The molecule has 0 saturated heterocycles. The van der Waals surface area contributed by atoms with E-state index in [-0.39, 0.29) is 11.8 Å². The third-order valence-corrected chi connectivity index (χ3v) is 3.09. The maximum Gasteiger partial charge on any atom is 0.229 e. The summed E-state index contributed by atoms with van der Waals surface area (Å²) in [6, 6.07) is 6.07. The smallest absolute Gasteiger partial charge is 0.229 e. The molecule has 1 unspecified atom stereocenters. The van der Waals surface area contributed by atoms with Gasteiger partial charge < -0.3 is 10.6 Å². The lowest BCUT2D eigenvalue weighted by atomic mass is 9.95. The fourth-order valence-corrected chi connectivity index (χ4v) is 1.99. The van der Waals surface area contributed by atoms with Gasteiger partial charge in [0.05, 0.1) is 17.3 Å². The van der Waals surface area contributed by atoms with E-state index in [9.17, 15) is 4.79 Å². The number of carbonyl (C=O) groups excluding carboxylic acids is 1. The molecular weight excluding hydrogens is 200 g/mol. The molecule has 86 valence electrons. The highest BCUT2D eigenvalue weighted by Gasteiger charge is 2.25.